The van der Waals surface area contributed by atoms with Crippen molar-refractivity contribution in [1.29, 1.82) is 0 Å². The van der Waals surface area contributed by atoms with Crippen LogP contribution in [-0.4, -0.2) is 64.5 Å². The molecule has 0 atom stereocenters. The van der Waals surface area contributed by atoms with Crippen LogP contribution in [0.25, 0.3) is 11.4 Å². The molecule has 2 aliphatic heterocycles. The van der Waals surface area contributed by atoms with Crippen LogP contribution in [0.1, 0.15) is 29.1 Å². The minimum atomic E-state index is -0.00837. The van der Waals surface area contributed by atoms with Crippen molar-refractivity contribution in [3.05, 3.63) is 65.0 Å². The second-order valence-electron chi connectivity index (χ2n) is 8.29. The summed E-state index contributed by atoms with van der Waals surface area (Å²) in [6.07, 6.45) is 1.43. The molecule has 3 aromatic rings. The van der Waals surface area contributed by atoms with Crippen molar-refractivity contribution in [1.82, 2.24) is 19.9 Å². The van der Waals surface area contributed by atoms with Crippen molar-refractivity contribution in [3.8, 4) is 11.4 Å². The molecule has 9 heteroatoms. The van der Waals surface area contributed by atoms with Crippen molar-refractivity contribution >= 4 is 29.1 Å². The standard InChI is InChI=1S/C24H24ClN5O3/c25-19-8-6-17(7-9-19)23-26-21(33-27-23)16-28-11-13-29(14-12-28)24(32)18-3-1-4-20(15-18)30-10-2-5-22(30)31/h1,3-4,6-9,15H,2,5,10-14,16H2. The molecular weight excluding hydrogens is 442 g/mol. The van der Waals surface area contributed by atoms with E-state index < -0.39 is 0 Å². The average molecular weight is 466 g/mol. The van der Waals surface area contributed by atoms with Crippen LogP contribution >= 0.6 is 11.6 Å². The predicted octanol–water partition coefficient (Wildman–Crippen LogP) is 3.47. The molecule has 33 heavy (non-hydrogen) atoms. The van der Waals surface area contributed by atoms with E-state index >= 15 is 0 Å². The number of aromatic nitrogens is 2. The van der Waals surface area contributed by atoms with Gasteiger partial charge in [-0.3, -0.25) is 14.5 Å². The van der Waals surface area contributed by atoms with Crippen LogP contribution in [0.3, 0.4) is 0 Å². The van der Waals surface area contributed by atoms with Crippen LogP contribution in [0.15, 0.2) is 53.1 Å². The van der Waals surface area contributed by atoms with Crippen molar-refractivity contribution in [2.75, 3.05) is 37.6 Å². The van der Waals surface area contributed by atoms with Gasteiger partial charge in [0.2, 0.25) is 17.6 Å². The fraction of sp³-hybridized carbons (Fsp3) is 0.333. The maximum Gasteiger partial charge on any atom is 0.254 e. The molecule has 1 aromatic heterocycles. The molecule has 0 bridgehead atoms. The number of carbonyl (C=O) groups is 2. The number of amides is 2. The van der Waals surface area contributed by atoms with Gasteiger partial charge in [-0.25, -0.2) is 0 Å². The quantitative estimate of drug-likeness (QED) is 0.573. The summed E-state index contributed by atoms with van der Waals surface area (Å²) in [5, 5.41) is 4.72. The number of halogens is 1. The van der Waals surface area contributed by atoms with E-state index in [-0.39, 0.29) is 11.8 Å². The van der Waals surface area contributed by atoms with E-state index in [1.807, 2.05) is 41.3 Å². The Balaban J connectivity index is 1.17. The third kappa shape index (κ3) is 4.77. The molecule has 0 unspecified atom stereocenters. The Kier molecular flexibility index (Phi) is 6.11. The highest BCUT2D eigenvalue weighted by atomic mass is 35.5. The Bertz CT molecular complexity index is 1150. The highest BCUT2D eigenvalue weighted by molar-refractivity contribution is 6.30. The molecule has 2 saturated heterocycles. The molecule has 2 fully saturated rings. The Hall–Kier alpha value is -3.23. The maximum absolute atomic E-state index is 13.1. The molecule has 0 saturated carbocycles. The van der Waals surface area contributed by atoms with E-state index in [9.17, 15) is 9.59 Å². The number of rotatable bonds is 5. The minimum absolute atomic E-state index is 0.00837. The molecule has 170 valence electrons. The summed E-state index contributed by atoms with van der Waals surface area (Å²) in [5.74, 6) is 1.19. The molecule has 8 nitrogen and oxygen atoms in total. The molecule has 0 aliphatic carbocycles. The zero-order valence-electron chi connectivity index (χ0n) is 18.1. The molecular formula is C24H24ClN5O3. The molecule has 2 aliphatic rings. The molecule has 2 amide bonds. The lowest BCUT2D eigenvalue weighted by Gasteiger charge is -2.34. The number of benzene rings is 2. The van der Waals surface area contributed by atoms with Crippen LogP contribution < -0.4 is 4.90 Å². The van der Waals surface area contributed by atoms with E-state index in [1.165, 1.54) is 0 Å². The van der Waals surface area contributed by atoms with Crippen molar-refractivity contribution in [2.24, 2.45) is 0 Å². The van der Waals surface area contributed by atoms with Gasteiger partial charge >= 0.3 is 0 Å². The van der Waals surface area contributed by atoms with Crippen LogP contribution in [0.5, 0.6) is 0 Å². The SMILES string of the molecule is O=C(c1cccc(N2CCCC2=O)c1)N1CCN(Cc2nc(-c3ccc(Cl)cc3)no2)CC1. The highest BCUT2D eigenvalue weighted by Crippen LogP contribution is 2.23. The van der Waals surface area contributed by atoms with Gasteiger partial charge in [0.05, 0.1) is 6.54 Å². The van der Waals surface area contributed by atoms with Gasteiger partial charge in [0.25, 0.3) is 5.91 Å². The molecule has 5 rings (SSSR count). The first-order valence-electron chi connectivity index (χ1n) is 11.1. The number of anilines is 1. The molecule has 0 N–H and O–H groups in total. The summed E-state index contributed by atoms with van der Waals surface area (Å²) in [4.78, 5) is 35.4. The van der Waals surface area contributed by atoms with E-state index in [4.69, 9.17) is 16.1 Å². The Labute approximate surface area is 196 Å². The summed E-state index contributed by atoms with van der Waals surface area (Å²) in [6, 6.07) is 14.7. The number of carbonyl (C=O) groups excluding carboxylic acids is 2. The normalized spacial score (nSPS) is 17.1. The largest absolute Gasteiger partial charge is 0.338 e. The van der Waals surface area contributed by atoms with Gasteiger partial charge in [-0.15, -0.1) is 0 Å². The number of piperazine rings is 1. The van der Waals surface area contributed by atoms with E-state index in [2.05, 4.69) is 15.0 Å². The third-order valence-corrected chi connectivity index (χ3v) is 6.32. The zero-order valence-corrected chi connectivity index (χ0v) is 18.9. The summed E-state index contributed by atoms with van der Waals surface area (Å²) >= 11 is 5.93. The lowest BCUT2D eigenvalue weighted by Crippen LogP contribution is -2.48. The lowest BCUT2D eigenvalue weighted by atomic mass is 10.1. The fourth-order valence-electron chi connectivity index (χ4n) is 4.25. The smallest absolute Gasteiger partial charge is 0.254 e. The highest BCUT2D eigenvalue weighted by Gasteiger charge is 2.26. The average Bonchev–Trinajstić information content (AvgIpc) is 3.49. The van der Waals surface area contributed by atoms with E-state index in [0.717, 1.165) is 17.7 Å². The Morgan fingerprint density at radius 2 is 1.82 bits per heavy atom. The summed E-state index contributed by atoms with van der Waals surface area (Å²) in [6.45, 7) is 3.91. The summed E-state index contributed by atoms with van der Waals surface area (Å²) in [7, 11) is 0. The van der Waals surface area contributed by atoms with E-state index in [1.54, 1.807) is 17.0 Å². The zero-order chi connectivity index (χ0) is 22.8. The molecule has 3 heterocycles. The van der Waals surface area contributed by atoms with Gasteiger partial charge in [-0.05, 0) is 48.9 Å². The first-order chi connectivity index (χ1) is 16.1. The summed E-state index contributed by atoms with van der Waals surface area (Å²) < 4.78 is 5.42. The second kappa shape index (κ2) is 9.33. The van der Waals surface area contributed by atoms with Crippen LogP contribution in [0.4, 0.5) is 5.69 Å². The minimum Gasteiger partial charge on any atom is -0.338 e. The molecule has 0 radical (unpaired) electrons. The van der Waals surface area contributed by atoms with Gasteiger partial charge in [0.1, 0.15) is 0 Å². The third-order valence-electron chi connectivity index (χ3n) is 6.07. The predicted molar refractivity (Wildman–Crippen MR) is 124 cm³/mol. The fourth-order valence-corrected chi connectivity index (χ4v) is 4.37. The number of hydrogen-bond acceptors (Lipinski definition) is 6. The topological polar surface area (TPSA) is 82.8 Å². The van der Waals surface area contributed by atoms with Gasteiger partial charge in [0.15, 0.2) is 0 Å². The van der Waals surface area contributed by atoms with Gasteiger partial charge < -0.3 is 14.3 Å². The maximum atomic E-state index is 13.1. The van der Waals surface area contributed by atoms with Crippen LogP contribution in [0, 0.1) is 0 Å². The van der Waals surface area contributed by atoms with Gasteiger partial charge in [-0.2, -0.15) is 4.98 Å². The van der Waals surface area contributed by atoms with Gasteiger partial charge in [0, 0.05) is 61.0 Å². The van der Waals surface area contributed by atoms with Crippen molar-refractivity contribution in [2.45, 2.75) is 19.4 Å². The van der Waals surface area contributed by atoms with Crippen molar-refractivity contribution < 1.29 is 14.1 Å². The molecule has 2 aromatic carbocycles. The van der Waals surface area contributed by atoms with Crippen LogP contribution in [0.2, 0.25) is 5.02 Å². The number of nitrogens with zero attached hydrogens (tertiary/aromatic N) is 5. The van der Waals surface area contributed by atoms with E-state index in [0.29, 0.717) is 68.0 Å². The van der Waals surface area contributed by atoms with Crippen molar-refractivity contribution in [3.63, 3.8) is 0 Å². The first kappa shape index (κ1) is 21.6. The number of hydrogen-bond donors (Lipinski definition) is 0. The monoisotopic (exact) mass is 465 g/mol. The lowest BCUT2D eigenvalue weighted by molar-refractivity contribution is -0.117. The first-order valence-corrected chi connectivity index (χ1v) is 11.5. The Morgan fingerprint density at radius 1 is 1.03 bits per heavy atom. The molecule has 0 spiro atoms. The van der Waals surface area contributed by atoms with Gasteiger partial charge in [-0.1, -0.05) is 22.8 Å². The van der Waals surface area contributed by atoms with Crippen LogP contribution in [-0.2, 0) is 11.3 Å². The second-order valence-corrected chi connectivity index (χ2v) is 8.72. The summed E-state index contributed by atoms with van der Waals surface area (Å²) in [5.41, 5.74) is 2.27. The Morgan fingerprint density at radius 3 is 2.55 bits per heavy atom.